The Morgan fingerprint density at radius 2 is 1.92 bits per heavy atom. The van der Waals surface area contributed by atoms with E-state index >= 15 is 0 Å². The third-order valence-corrected chi connectivity index (χ3v) is 4.10. The molecule has 1 aromatic carbocycles. The number of hydrogen-bond acceptors (Lipinski definition) is 3. The van der Waals surface area contributed by atoms with Gasteiger partial charge in [-0.05, 0) is 48.0 Å². The summed E-state index contributed by atoms with van der Waals surface area (Å²) in [5, 5.41) is 4.00. The Bertz CT molecular complexity index is 1020. The van der Waals surface area contributed by atoms with E-state index in [1.165, 1.54) is 0 Å². The van der Waals surface area contributed by atoms with E-state index in [9.17, 15) is 4.79 Å². The predicted octanol–water partition coefficient (Wildman–Crippen LogP) is 3.55. The summed E-state index contributed by atoms with van der Waals surface area (Å²) in [4.78, 5) is 24.1. The summed E-state index contributed by atoms with van der Waals surface area (Å²) in [7, 11) is 0. The quantitative estimate of drug-likeness (QED) is 0.602. The van der Waals surface area contributed by atoms with Gasteiger partial charge in [0, 0.05) is 53.4 Å². The molecule has 4 rings (SSSR count). The number of aromatic amines is 1. The first-order valence-electron chi connectivity index (χ1n) is 8.01. The molecule has 0 fully saturated rings. The highest BCUT2D eigenvalue weighted by Crippen LogP contribution is 2.20. The smallest absolute Gasteiger partial charge is 0.251 e. The van der Waals surface area contributed by atoms with E-state index in [1.54, 1.807) is 18.6 Å². The van der Waals surface area contributed by atoms with Gasteiger partial charge < -0.3 is 10.3 Å². The Kier molecular flexibility index (Phi) is 3.96. The Morgan fingerprint density at radius 1 is 1.04 bits per heavy atom. The monoisotopic (exact) mass is 328 g/mol. The van der Waals surface area contributed by atoms with Crippen LogP contribution in [0.2, 0.25) is 0 Å². The SMILES string of the molecule is O=C(NCc1cccnc1-c1ccncc1)c1ccc2[nH]ccc2c1. The Hall–Kier alpha value is -3.47. The molecule has 0 saturated heterocycles. The van der Waals surface area contributed by atoms with E-state index in [-0.39, 0.29) is 5.91 Å². The minimum atomic E-state index is -0.104. The normalized spacial score (nSPS) is 10.7. The largest absolute Gasteiger partial charge is 0.361 e. The number of nitrogens with zero attached hydrogens (tertiary/aromatic N) is 2. The summed E-state index contributed by atoms with van der Waals surface area (Å²) in [5.41, 5.74) is 4.45. The molecule has 0 saturated carbocycles. The van der Waals surface area contributed by atoms with E-state index in [1.807, 2.05) is 54.7 Å². The first-order chi connectivity index (χ1) is 12.3. The predicted molar refractivity (Wildman–Crippen MR) is 96.9 cm³/mol. The van der Waals surface area contributed by atoms with E-state index in [2.05, 4.69) is 20.3 Å². The summed E-state index contributed by atoms with van der Waals surface area (Å²) >= 11 is 0. The zero-order valence-corrected chi connectivity index (χ0v) is 13.4. The third-order valence-electron chi connectivity index (χ3n) is 4.10. The number of carbonyl (C=O) groups excluding carboxylic acids is 1. The van der Waals surface area contributed by atoms with Crippen LogP contribution in [0.25, 0.3) is 22.2 Å². The maximum Gasteiger partial charge on any atom is 0.251 e. The Labute approximate surface area is 144 Å². The van der Waals surface area contributed by atoms with Gasteiger partial charge in [0.05, 0.1) is 5.69 Å². The van der Waals surface area contributed by atoms with Crippen LogP contribution in [0.5, 0.6) is 0 Å². The van der Waals surface area contributed by atoms with E-state index < -0.39 is 0 Å². The molecule has 0 spiro atoms. The van der Waals surface area contributed by atoms with Crippen molar-refractivity contribution in [3.05, 3.63) is 84.4 Å². The molecule has 2 N–H and O–H groups in total. The average molecular weight is 328 g/mol. The number of rotatable bonds is 4. The second-order valence-electron chi connectivity index (χ2n) is 5.71. The number of fused-ring (bicyclic) bond motifs is 1. The van der Waals surface area contributed by atoms with Crippen molar-refractivity contribution in [1.82, 2.24) is 20.3 Å². The second kappa shape index (κ2) is 6.57. The molecule has 3 aromatic heterocycles. The number of aromatic nitrogens is 3. The highest BCUT2D eigenvalue weighted by molar-refractivity contribution is 5.98. The molecule has 0 aliphatic heterocycles. The minimum Gasteiger partial charge on any atom is -0.361 e. The molecule has 5 nitrogen and oxygen atoms in total. The number of nitrogens with one attached hydrogen (secondary N) is 2. The first kappa shape index (κ1) is 15.1. The van der Waals surface area contributed by atoms with Crippen LogP contribution < -0.4 is 5.32 Å². The van der Waals surface area contributed by atoms with Gasteiger partial charge in [-0.1, -0.05) is 6.07 Å². The highest BCUT2D eigenvalue weighted by atomic mass is 16.1. The molecule has 0 atom stereocenters. The number of pyridine rings is 2. The van der Waals surface area contributed by atoms with Gasteiger partial charge in [0.25, 0.3) is 5.91 Å². The van der Waals surface area contributed by atoms with Crippen LogP contribution in [-0.4, -0.2) is 20.9 Å². The fraction of sp³-hybridized carbons (Fsp3) is 0.0500. The lowest BCUT2D eigenvalue weighted by molar-refractivity contribution is 0.0951. The summed E-state index contributed by atoms with van der Waals surface area (Å²) < 4.78 is 0. The molecule has 0 aliphatic carbocycles. The van der Waals surface area contributed by atoms with Crippen molar-refractivity contribution < 1.29 is 4.79 Å². The van der Waals surface area contributed by atoms with Gasteiger partial charge in [-0.2, -0.15) is 0 Å². The van der Waals surface area contributed by atoms with Crippen LogP contribution in [0.1, 0.15) is 15.9 Å². The molecule has 0 radical (unpaired) electrons. The van der Waals surface area contributed by atoms with Crippen LogP contribution in [0.3, 0.4) is 0 Å². The van der Waals surface area contributed by atoms with Crippen LogP contribution in [0.4, 0.5) is 0 Å². The van der Waals surface area contributed by atoms with Gasteiger partial charge in [0.15, 0.2) is 0 Å². The van der Waals surface area contributed by atoms with Gasteiger partial charge in [0.2, 0.25) is 0 Å². The van der Waals surface area contributed by atoms with E-state index in [0.29, 0.717) is 12.1 Å². The minimum absolute atomic E-state index is 0.104. The van der Waals surface area contributed by atoms with Gasteiger partial charge in [-0.25, -0.2) is 0 Å². The zero-order valence-electron chi connectivity index (χ0n) is 13.4. The number of benzene rings is 1. The molecule has 5 heteroatoms. The van der Waals surface area contributed by atoms with Crippen LogP contribution >= 0.6 is 0 Å². The molecule has 122 valence electrons. The number of hydrogen-bond donors (Lipinski definition) is 2. The van der Waals surface area contributed by atoms with E-state index in [4.69, 9.17) is 0 Å². The lowest BCUT2D eigenvalue weighted by atomic mass is 10.1. The summed E-state index contributed by atoms with van der Waals surface area (Å²) in [6, 6.07) is 15.2. The standard InChI is InChI=1S/C20H16N4O/c25-20(16-3-4-18-15(12-16)7-11-22-18)24-13-17-2-1-8-23-19(17)14-5-9-21-10-6-14/h1-12,22H,13H2,(H,24,25). The maximum absolute atomic E-state index is 12.5. The van der Waals surface area contributed by atoms with Crippen molar-refractivity contribution in [3.63, 3.8) is 0 Å². The lowest BCUT2D eigenvalue weighted by Crippen LogP contribution is -2.23. The molecule has 3 heterocycles. The molecule has 0 aliphatic rings. The topological polar surface area (TPSA) is 70.7 Å². The number of amides is 1. The first-order valence-corrected chi connectivity index (χ1v) is 8.01. The molecular weight excluding hydrogens is 312 g/mol. The van der Waals surface area contributed by atoms with Crippen LogP contribution in [0.15, 0.2) is 73.3 Å². The van der Waals surface area contributed by atoms with Crippen molar-refractivity contribution in [2.75, 3.05) is 0 Å². The van der Waals surface area contributed by atoms with E-state index in [0.717, 1.165) is 27.7 Å². The maximum atomic E-state index is 12.5. The number of carbonyl (C=O) groups is 1. The molecule has 1 amide bonds. The Morgan fingerprint density at radius 3 is 2.80 bits per heavy atom. The summed E-state index contributed by atoms with van der Waals surface area (Å²) in [5.74, 6) is -0.104. The van der Waals surface area contributed by atoms with Gasteiger partial charge in [-0.15, -0.1) is 0 Å². The summed E-state index contributed by atoms with van der Waals surface area (Å²) in [6.45, 7) is 0.412. The zero-order chi connectivity index (χ0) is 17.1. The Balaban J connectivity index is 1.54. The van der Waals surface area contributed by atoms with Crippen molar-refractivity contribution in [2.45, 2.75) is 6.54 Å². The van der Waals surface area contributed by atoms with Gasteiger partial charge in [0.1, 0.15) is 0 Å². The third kappa shape index (κ3) is 3.12. The molecule has 25 heavy (non-hydrogen) atoms. The average Bonchev–Trinajstić information content (AvgIpc) is 3.15. The molecule has 0 unspecified atom stereocenters. The van der Waals surface area contributed by atoms with Gasteiger partial charge >= 0.3 is 0 Å². The van der Waals surface area contributed by atoms with Crippen LogP contribution in [-0.2, 0) is 6.54 Å². The fourth-order valence-corrected chi connectivity index (χ4v) is 2.82. The molecular formula is C20H16N4O. The fourth-order valence-electron chi connectivity index (χ4n) is 2.82. The van der Waals surface area contributed by atoms with Gasteiger partial charge in [-0.3, -0.25) is 14.8 Å². The van der Waals surface area contributed by atoms with Crippen molar-refractivity contribution in [2.24, 2.45) is 0 Å². The molecule has 0 bridgehead atoms. The second-order valence-corrected chi connectivity index (χ2v) is 5.71. The number of H-pyrrole nitrogens is 1. The summed E-state index contributed by atoms with van der Waals surface area (Å²) in [6.07, 6.45) is 7.08. The molecule has 4 aromatic rings. The lowest BCUT2D eigenvalue weighted by Gasteiger charge is -2.10. The highest BCUT2D eigenvalue weighted by Gasteiger charge is 2.10. The van der Waals surface area contributed by atoms with Crippen LogP contribution in [0, 0.1) is 0 Å². The van der Waals surface area contributed by atoms with Crippen molar-refractivity contribution in [3.8, 4) is 11.3 Å². The van der Waals surface area contributed by atoms with Crippen molar-refractivity contribution in [1.29, 1.82) is 0 Å². The van der Waals surface area contributed by atoms with Crippen molar-refractivity contribution >= 4 is 16.8 Å².